The molecule has 0 aliphatic rings. The molecule has 0 saturated heterocycles. The molecule has 108 valence electrons. The van der Waals surface area contributed by atoms with E-state index in [1.54, 1.807) is 37.2 Å². The molecule has 0 aromatic carbocycles. The number of hydrogen-bond acceptors (Lipinski definition) is 4. The molecular formula is C14H18ClN3O2. The average Bonchev–Trinajstić information content (AvgIpc) is 2.74. The van der Waals surface area contributed by atoms with Gasteiger partial charge in [0.05, 0.1) is 12.8 Å². The first-order chi connectivity index (χ1) is 9.47. The van der Waals surface area contributed by atoms with E-state index in [1.807, 2.05) is 13.8 Å². The molecule has 1 unspecified atom stereocenters. The quantitative estimate of drug-likeness (QED) is 0.942. The van der Waals surface area contributed by atoms with Crippen molar-refractivity contribution in [3.63, 3.8) is 0 Å². The first-order valence-corrected chi connectivity index (χ1v) is 6.74. The van der Waals surface area contributed by atoms with Gasteiger partial charge in [-0.05, 0) is 18.1 Å². The minimum absolute atomic E-state index is 0.146. The summed E-state index contributed by atoms with van der Waals surface area (Å²) in [6, 6.07) is 3.51. The molecule has 1 N–H and O–H groups in total. The first kappa shape index (κ1) is 14.8. The second kappa shape index (κ2) is 5.81. The number of aliphatic hydroxyl groups excluding tert-OH is 1. The molecule has 0 spiro atoms. The number of aliphatic hydroxyl groups is 1. The summed E-state index contributed by atoms with van der Waals surface area (Å²) in [6.45, 7) is 4.01. The predicted octanol–water partition coefficient (Wildman–Crippen LogP) is 2.68. The number of rotatable bonds is 4. The van der Waals surface area contributed by atoms with E-state index in [1.165, 1.54) is 0 Å². The van der Waals surface area contributed by atoms with Crippen molar-refractivity contribution in [2.75, 3.05) is 7.11 Å². The van der Waals surface area contributed by atoms with Gasteiger partial charge in [0.2, 0.25) is 0 Å². The summed E-state index contributed by atoms with van der Waals surface area (Å²) in [5, 5.41) is 15.4. The monoisotopic (exact) mass is 295 g/mol. The molecule has 1 atom stereocenters. The normalized spacial score (nSPS) is 12.8. The summed E-state index contributed by atoms with van der Waals surface area (Å²) in [6.07, 6.45) is 0.644. The zero-order valence-electron chi connectivity index (χ0n) is 12.0. The molecule has 2 rings (SSSR count). The fraction of sp³-hybridized carbons (Fsp3) is 0.429. The molecule has 6 heteroatoms. The van der Waals surface area contributed by atoms with Crippen LogP contribution in [0.3, 0.4) is 0 Å². The molecule has 0 amide bonds. The minimum Gasteiger partial charge on any atom is -0.495 e. The van der Waals surface area contributed by atoms with Gasteiger partial charge in [-0.1, -0.05) is 25.4 Å². The van der Waals surface area contributed by atoms with Crippen molar-refractivity contribution in [1.29, 1.82) is 0 Å². The van der Waals surface area contributed by atoms with Gasteiger partial charge in [-0.15, -0.1) is 0 Å². The van der Waals surface area contributed by atoms with E-state index in [0.717, 1.165) is 5.69 Å². The Hall–Kier alpha value is -1.59. The van der Waals surface area contributed by atoms with E-state index in [9.17, 15) is 5.11 Å². The molecule has 5 nitrogen and oxygen atoms in total. The van der Waals surface area contributed by atoms with Gasteiger partial charge >= 0.3 is 0 Å². The van der Waals surface area contributed by atoms with Gasteiger partial charge in [-0.3, -0.25) is 9.67 Å². The highest BCUT2D eigenvalue weighted by Crippen LogP contribution is 2.36. The van der Waals surface area contributed by atoms with Gasteiger partial charge in [-0.2, -0.15) is 5.10 Å². The standard InChI is InChI=1S/C14H18ClN3O2/c1-8(2)11-10(14(15)18(3)17-11)13(19)12-9(20-4)6-5-7-16-12/h5-8,13,19H,1-4H3. The zero-order valence-corrected chi connectivity index (χ0v) is 12.7. The van der Waals surface area contributed by atoms with E-state index in [2.05, 4.69) is 10.1 Å². The van der Waals surface area contributed by atoms with Crippen LogP contribution in [0.4, 0.5) is 0 Å². The summed E-state index contributed by atoms with van der Waals surface area (Å²) >= 11 is 6.27. The smallest absolute Gasteiger partial charge is 0.143 e. The topological polar surface area (TPSA) is 60.2 Å². The Morgan fingerprint density at radius 2 is 2.05 bits per heavy atom. The fourth-order valence-electron chi connectivity index (χ4n) is 2.14. The van der Waals surface area contributed by atoms with E-state index < -0.39 is 6.10 Å². The number of aromatic nitrogens is 3. The maximum atomic E-state index is 10.6. The highest BCUT2D eigenvalue weighted by Gasteiger charge is 2.27. The molecule has 0 bridgehead atoms. The molecule has 2 aromatic rings. The lowest BCUT2D eigenvalue weighted by atomic mass is 10.00. The van der Waals surface area contributed by atoms with E-state index in [-0.39, 0.29) is 5.92 Å². The molecule has 0 fully saturated rings. The summed E-state index contributed by atoms with van der Waals surface area (Å²) in [4.78, 5) is 4.21. The molecular weight excluding hydrogens is 278 g/mol. The number of hydrogen-bond donors (Lipinski definition) is 1. The highest BCUT2D eigenvalue weighted by atomic mass is 35.5. The maximum absolute atomic E-state index is 10.6. The van der Waals surface area contributed by atoms with Crippen LogP contribution in [-0.4, -0.2) is 27.0 Å². The van der Waals surface area contributed by atoms with Crippen LogP contribution in [0.5, 0.6) is 5.75 Å². The third-order valence-corrected chi connectivity index (χ3v) is 3.59. The van der Waals surface area contributed by atoms with Crippen molar-refractivity contribution in [3.05, 3.63) is 40.4 Å². The zero-order chi connectivity index (χ0) is 14.9. The molecule has 2 heterocycles. The Balaban J connectivity index is 2.56. The SMILES string of the molecule is COc1cccnc1C(O)c1c(C(C)C)nn(C)c1Cl. The molecule has 0 aliphatic carbocycles. The summed E-state index contributed by atoms with van der Waals surface area (Å²) in [5.41, 5.74) is 1.78. The van der Waals surface area contributed by atoms with Crippen molar-refractivity contribution < 1.29 is 9.84 Å². The number of nitrogens with zero attached hydrogens (tertiary/aromatic N) is 3. The van der Waals surface area contributed by atoms with Gasteiger partial charge in [-0.25, -0.2) is 0 Å². The van der Waals surface area contributed by atoms with Crippen LogP contribution in [0.1, 0.15) is 42.8 Å². The van der Waals surface area contributed by atoms with Crippen molar-refractivity contribution in [3.8, 4) is 5.75 Å². The second-order valence-corrected chi connectivity index (χ2v) is 5.22. The predicted molar refractivity (Wildman–Crippen MR) is 77.2 cm³/mol. The molecule has 0 saturated carbocycles. The van der Waals surface area contributed by atoms with E-state index in [0.29, 0.717) is 22.2 Å². The van der Waals surface area contributed by atoms with Crippen molar-refractivity contribution in [2.24, 2.45) is 7.05 Å². The van der Waals surface area contributed by atoms with Crippen molar-refractivity contribution in [1.82, 2.24) is 14.8 Å². The van der Waals surface area contributed by atoms with Crippen LogP contribution in [0.15, 0.2) is 18.3 Å². The second-order valence-electron chi connectivity index (χ2n) is 4.86. The average molecular weight is 296 g/mol. The number of methoxy groups -OCH3 is 1. The molecule has 2 aromatic heterocycles. The molecule has 0 aliphatic heterocycles. The van der Waals surface area contributed by atoms with Gasteiger partial charge in [0.15, 0.2) is 0 Å². The lowest BCUT2D eigenvalue weighted by Gasteiger charge is -2.15. The molecule has 0 radical (unpaired) electrons. The Morgan fingerprint density at radius 1 is 1.35 bits per heavy atom. The number of halogens is 1. The van der Waals surface area contributed by atoms with Crippen LogP contribution in [0, 0.1) is 0 Å². The Labute approximate surface area is 123 Å². The van der Waals surface area contributed by atoms with Gasteiger partial charge < -0.3 is 9.84 Å². The van der Waals surface area contributed by atoms with E-state index in [4.69, 9.17) is 16.3 Å². The van der Waals surface area contributed by atoms with Crippen molar-refractivity contribution >= 4 is 11.6 Å². The van der Waals surface area contributed by atoms with Gasteiger partial charge in [0.1, 0.15) is 22.7 Å². The number of pyridine rings is 1. The number of ether oxygens (including phenoxy) is 1. The van der Waals surface area contributed by atoms with Gasteiger partial charge in [0, 0.05) is 18.8 Å². The third kappa shape index (κ3) is 2.51. The van der Waals surface area contributed by atoms with Crippen LogP contribution in [0.25, 0.3) is 0 Å². The summed E-state index contributed by atoms with van der Waals surface area (Å²) < 4.78 is 6.80. The third-order valence-electron chi connectivity index (χ3n) is 3.14. The number of aryl methyl sites for hydroxylation is 1. The summed E-state index contributed by atoms with van der Waals surface area (Å²) in [5.74, 6) is 0.669. The Bertz CT molecular complexity index is 610. The lowest BCUT2D eigenvalue weighted by molar-refractivity contribution is 0.208. The van der Waals surface area contributed by atoms with Crippen molar-refractivity contribution in [2.45, 2.75) is 25.9 Å². The van der Waals surface area contributed by atoms with Gasteiger partial charge in [0.25, 0.3) is 0 Å². The fourth-order valence-corrected chi connectivity index (χ4v) is 2.37. The Kier molecular flexibility index (Phi) is 4.30. The molecule has 20 heavy (non-hydrogen) atoms. The maximum Gasteiger partial charge on any atom is 0.143 e. The lowest BCUT2D eigenvalue weighted by Crippen LogP contribution is -2.07. The van der Waals surface area contributed by atoms with Crippen LogP contribution in [-0.2, 0) is 7.05 Å². The van der Waals surface area contributed by atoms with Crippen LogP contribution >= 0.6 is 11.6 Å². The summed E-state index contributed by atoms with van der Waals surface area (Å²) in [7, 11) is 3.29. The van der Waals surface area contributed by atoms with Crippen LogP contribution < -0.4 is 4.74 Å². The largest absolute Gasteiger partial charge is 0.495 e. The Morgan fingerprint density at radius 3 is 2.65 bits per heavy atom. The minimum atomic E-state index is -0.968. The first-order valence-electron chi connectivity index (χ1n) is 6.36. The van der Waals surface area contributed by atoms with E-state index >= 15 is 0 Å². The highest BCUT2D eigenvalue weighted by molar-refractivity contribution is 6.30. The van der Waals surface area contributed by atoms with Crippen LogP contribution in [0.2, 0.25) is 5.15 Å².